The molecule has 0 saturated heterocycles. The first-order valence-corrected chi connectivity index (χ1v) is 8.76. The van der Waals surface area contributed by atoms with Gasteiger partial charge in [0.15, 0.2) is 0 Å². The van der Waals surface area contributed by atoms with E-state index in [1.165, 1.54) is 43.3 Å². The summed E-state index contributed by atoms with van der Waals surface area (Å²) in [4.78, 5) is 0. The van der Waals surface area contributed by atoms with Crippen molar-refractivity contribution in [2.75, 3.05) is 0 Å². The molecule has 0 bridgehead atoms. The van der Waals surface area contributed by atoms with Crippen molar-refractivity contribution in [1.82, 2.24) is 0 Å². The molecule has 2 rings (SSSR count). The lowest BCUT2D eigenvalue weighted by Gasteiger charge is -2.34. The van der Waals surface area contributed by atoms with Crippen molar-refractivity contribution >= 4 is 0 Å². The van der Waals surface area contributed by atoms with Crippen LogP contribution in [0.3, 0.4) is 0 Å². The molecule has 0 radical (unpaired) electrons. The van der Waals surface area contributed by atoms with Crippen LogP contribution in [0.15, 0.2) is 23.3 Å². The van der Waals surface area contributed by atoms with Gasteiger partial charge in [-0.1, -0.05) is 30.2 Å². The molecule has 0 aromatic carbocycles. The first-order valence-electron chi connectivity index (χ1n) is 8.76. The van der Waals surface area contributed by atoms with Crippen molar-refractivity contribution < 1.29 is 5.11 Å². The quantitative estimate of drug-likeness (QED) is 0.666. The third-order valence-electron chi connectivity index (χ3n) is 5.99. The second-order valence-electron chi connectivity index (χ2n) is 8.37. The molecule has 1 saturated carbocycles. The fourth-order valence-corrected chi connectivity index (χ4v) is 4.22. The lowest BCUT2D eigenvalue weighted by Crippen LogP contribution is -2.31. The van der Waals surface area contributed by atoms with E-state index in [-0.39, 0.29) is 0 Å². The number of hydrogen-bond acceptors (Lipinski definition) is 1. The second-order valence-corrected chi connectivity index (χ2v) is 8.37. The molecule has 0 spiro atoms. The summed E-state index contributed by atoms with van der Waals surface area (Å²) in [5.41, 5.74) is 2.87. The van der Waals surface area contributed by atoms with E-state index in [9.17, 15) is 5.11 Å². The van der Waals surface area contributed by atoms with Crippen molar-refractivity contribution in [2.24, 2.45) is 17.3 Å². The molecule has 2 aliphatic carbocycles. The van der Waals surface area contributed by atoms with Crippen LogP contribution in [0, 0.1) is 17.3 Å². The Bertz CT molecular complexity index is 425. The van der Waals surface area contributed by atoms with E-state index in [2.05, 4.69) is 46.8 Å². The highest BCUT2D eigenvalue weighted by Crippen LogP contribution is 2.60. The van der Waals surface area contributed by atoms with Gasteiger partial charge in [-0.2, -0.15) is 0 Å². The minimum Gasteiger partial charge on any atom is -0.390 e. The topological polar surface area (TPSA) is 20.2 Å². The van der Waals surface area contributed by atoms with Crippen LogP contribution in [-0.4, -0.2) is 10.7 Å². The minimum absolute atomic E-state index is 0.396. The van der Waals surface area contributed by atoms with Crippen LogP contribution in [0.1, 0.15) is 79.6 Å². The van der Waals surface area contributed by atoms with Gasteiger partial charge in [0, 0.05) is 0 Å². The molecule has 21 heavy (non-hydrogen) atoms. The van der Waals surface area contributed by atoms with Crippen LogP contribution < -0.4 is 0 Å². The predicted octanol–water partition coefficient (Wildman–Crippen LogP) is 5.65. The molecule has 0 aromatic rings. The van der Waals surface area contributed by atoms with Crippen molar-refractivity contribution in [3.63, 3.8) is 0 Å². The Morgan fingerprint density at radius 3 is 2.67 bits per heavy atom. The third kappa shape index (κ3) is 4.22. The van der Waals surface area contributed by atoms with Crippen LogP contribution in [0.25, 0.3) is 0 Å². The molecule has 120 valence electrons. The molecule has 0 aliphatic heterocycles. The standard InChI is InChI=1S/C20H34O/c1-15(2)8-6-11-19(4)13-10-16(3)9-7-12-20(5,21)18-14-17(18)19/h8-9,17-18,21H,6-7,10-14H2,1-5H3/b16-9+/t17-,18-,19+,20-/m0/s1. The normalized spacial score (nSPS) is 42.5. The smallest absolute Gasteiger partial charge is 0.0653 e. The Morgan fingerprint density at radius 1 is 1.29 bits per heavy atom. The number of hydrogen-bond donors (Lipinski definition) is 1. The average Bonchev–Trinajstić information content (AvgIpc) is 3.16. The molecule has 0 unspecified atom stereocenters. The summed E-state index contributed by atoms with van der Waals surface area (Å²) < 4.78 is 0. The number of rotatable bonds is 3. The summed E-state index contributed by atoms with van der Waals surface area (Å²) in [6.45, 7) is 11.2. The van der Waals surface area contributed by atoms with Crippen molar-refractivity contribution in [3.05, 3.63) is 23.3 Å². The Morgan fingerprint density at radius 2 is 2.00 bits per heavy atom. The Labute approximate surface area is 131 Å². The van der Waals surface area contributed by atoms with Crippen LogP contribution in [0.5, 0.6) is 0 Å². The second kappa shape index (κ2) is 6.28. The first kappa shape index (κ1) is 16.8. The van der Waals surface area contributed by atoms with E-state index < -0.39 is 5.60 Å². The van der Waals surface area contributed by atoms with E-state index in [0.717, 1.165) is 18.8 Å². The molecule has 4 atom stereocenters. The van der Waals surface area contributed by atoms with Crippen LogP contribution in [0.4, 0.5) is 0 Å². The summed E-state index contributed by atoms with van der Waals surface area (Å²) in [5.74, 6) is 1.25. The molecule has 2 aliphatic rings. The monoisotopic (exact) mass is 290 g/mol. The summed E-state index contributed by atoms with van der Waals surface area (Å²) in [5, 5.41) is 10.8. The van der Waals surface area contributed by atoms with E-state index >= 15 is 0 Å². The maximum absolute atomic E-state index is 10.8. The van der Waals surface area contributed by atoms with Gasteiger partial charge in [-0.15, -0.1) is 0 Å². The van der Waals surface area contributed by atoms with E-state index in [0.29, 0.717) is 11.3 Å². The van der Waals surface area contributed by atoms with Crippen LogP contribution in [-0.2, 0) is 0 Å². The minimum atomic E-state index is -0.462. The van der Waals surface area contributed by atoms with Gasteiger partial charge in [0.1, 0.15) is 0 Å². The highest BCUT2D eigenvalue weighted by Gasteiger charge is 2.56. The zero-order valence-electron chi connectivity index (χ0n) is 14.7. The van der Waals surface area contributed by atoms with E-state index in [1.54, 1.807) is 0 Å². The number of allylic oxidation sites excluding steroid dienone is 4. The number of fused-ring (bicyclic) bond motifs is 1. The van der Waals surface area contributed by atoms with E-state index in [4.69, 9.17) is 0 Å². The molecule has 1 nitrogen and oxygen atoms in total. The van der Waals surface area contributed by atoms with Crippen molar-refractivity contribution in [3.8, 4) is 0 Å². The summed E-state index contributed by atoms with van der Waals surface area (Å²) >= 11 is 0. The number of aliphatic hydroxyl groups is 1. The molecular formula is C20H34O. The summed E-state index contributed by atoms with van der Waals surface area (Å²) in [7, 11) is 0. The van der Waals surface area contributed by atoms with Crippen molar-refractivity contribution in [1.29, 1.82) is 0 Å². The third-order valence-corrected chi connectivity index (χ3v) is 5.99. The first-order chi connectivity index (χ1) is 9.74. The van der Waals surface area contributed by atoms with Gasteiger partial charge in [-0.3, -0.25) is 0 Å². The molecular weight excluding hydrogens is 256 g/mol. The maximum atomic E-state index is 10.8. The molecule has 1 fully saturated rings. The van der Waals surface area contributed by atoms with Gasteiger partial charge < -0.3 is 5.11 Å². The van der Waals surface area contributed by atoms with Gasteiger partial charge in [0.25, 0.3) is 0 Å². The Hall–Kier alpha value is -0.560. The molecule has 0 amide bonds. The lowest BCUT2D eigenvalue weighted by molar-refractivity contribution is 0.0122. The Balaban J connectivity index is 2.13. The van der Waals surface area contributed by atoms with Gasteiger partial charge in [0.2, 0.25) is 0 Å². The summed E-state index contributed by atoms with van der Waals surface area (Å²) in [6.07, 6.45) is 12.9. The molecule has 1 heteroatoms. The predicted molar refractivity (Wildman–Crippen MR) is 91.2 cm³/mol. The lowest BCUT2D eigenvalue weighted by atomic mass is 9.72. The maximum Gasteiger partial charge on any atom is 0.0653 e. The SMILES string of the molecule is CC(C)=CCC[C@]1(C)CC/C(C)=C/CC[C@](C)(O)[C@H]2C[C@@H]21. The largest absolute Gasteiger partial charge is 0.390 e. The fourth-order valence-electron chi connectivity index (χ4n) is 4.22. The highest BCUT2D eigenvalue weighted by molar-refractivity contribution is 5.10. The zero-order chi connectivity index (χ0) is 15.7. The van der Waals surface area contributed by atoms with Gasteiger partial charge >= 0.3 is 0 Å². The molecule has 0 aromatic heterocycles. The van der Waals surface area contributed by atoms with Gasteiger partial charge in [-0.25, -0.2) is 0 Å². The van der Waals surface area contributed by atoms with Crippen molar-refractivity contribution in [2.45, 2.75) is 85.2 Å². The van der Waals surface area contributed by atoms with Gasteiger partial charge in [-0.05, 0) is 89.9 Å². The Kier molecular flexibility index (Phi) is 5.03. The van der Waals surface area contributed by atoms with Gasteiger partial charge in [0.05, 0.1) is 5.60 Å². The molecule has 0 heterocycles. The zero-order valence-corrected chi connectivity index (χ0v) is 14.7. The average molecular weight is 290 g/mol. The fraction of sp³-hybridized carbons (Fsp3) is 0.800. The van der Waals surface area contributed by atoms with Crippen LogP contribution >= 0.6 is 0 Å². The summed E-state index contributed by atoms with van der Waals surface area (Å²) in [6, 6.07) is 0. The highest BCUT2D eigenvalue weighted by atomic mass is 16.3. The van der Waals surface area contributed by atoms with Crippen LogP contribution in [0.2, 0.25) is 0 Å². The molecule has 1 N–H and O–H groups in total. The van der Waals surface area contributed by atoms with E-state index in [1.807, 2.05) is 0 Å².